The van der Waals surface area contributed by atoms with Crippen molar-refractivity contribution in [2.24, 2.45) is 5.41 Å². The van der Waals surface area contributed by atoms with Gasteiger partial charge >= 0.3 is 0 Å². The van der Waals surface area contributed by atoms with Crippen LogP contribution in [0.5, 0.6) is 0 Å². The summed E-state index contributed by atoms with van der Waals surface area (Å²) in [5.74, 6) is -1.11. The Morgan fingerprint density at radius 2 is 2.00 bits per heavy atom. The SMILES string of the molecule is C=Cc1cc(C2C3=C(CCC(C)(C)C3=O)NC3=C2S(=O)(=O)CC3)ccc1F. The van der Waals surface area contributed by atoms with E-state index in [-0.39, 0.29) is 16.4 Å². The van der Waals surface area contributed by atoms with Crippen molar-refractivity contribution >= 4 is 21.7 Å². The summed E-state index contributed by atoms with van der Waals surface area (Å²) in [5, 5.41) is 3.25. The van der Waals surface area contributed by atoms with Crippen LogP contribution in [-0.4, -0.2) is 20.0 Å². The molecule has 0 aromatic heterocycles. The lowest BCUT2D eigenvalue weighted by Gasteiger charge is -2.39. The fraction of sp³-hybridized carbons (Fsp3) is 0.381. The van der Waals surface area contributed by atoms with E-state index in [4.69, 9.17) is 0 Å². The highest BCUT2D eigenvalue weighted by molar-refractivity contribution is 7.95. The van der Waals surface area contributed by atoms with Gasteiger partial charge in [-0.1, -0.05) is 32.6 Å². The summed E-state index contributed by atoms with van der Waals surface area (Å²) in [7, 11) is -3.47. The Hall–Kier alpha value is -2.21. The number of nitrogens with one attached hydrogen (secondary N) is 1. The molecule has 0 saturated carbocycles. The van der Waals surface area contributed by atoms with Crippen molar-refractivity contribution in [3.05, 3.63) is 63.6 Å². The van der Waals surface area contributed by atoms with E-state index in [0.717, 1.165) is 5.70 Å². The van der Waals surface area contributed by atoms with Gasteiger partial charge in [0.1, 0.15) is 5.82 Å². The van der Waals surface area contributed by atoms with Crippen molar-refractivity contribution < 1.29 is 17.6 Å². The smallest absolute Gasteiger partial charge is 0.177 e. The molecule has 1 N–H and O–H groups in total. The van der Waals surface area contributed by atoms with E-state index in [9.17, 15) is 17.6 Å². The predicted molar refractivity (Wildman–Crippen MR) is 103 cm³/mol. The lowest BCUT2D eigenvalue weighted by atomic mass is 9.69. The number of dihydropyridines is 1. The van der Waals surface area contributed by atoms with Crippen molar-refractivity contribution in [3.8, 4) is 0 Å². The van der Waals surface area contributed by atoms with Gasteiger partial charge < -0.3 is 5.32 Å². The van der Waals surface area contributed by atoms with Crippen LogP contribution in [0.3, 0.4) is 0 Å². The Balaban J connectivity index is 1.97. The highest BCUT2D eigenvalue weighted by atomic mass is 32.2. The van der Waals surface area contributed by atoms with Gasteiger partial charge in [0.05, 0.1) is 16.6 Å². The minimum absolute atomic E-state index is 0.0365. The van der Waals surface area contributed by atoms with Crippen LogP contribution in [-0.2, 0) is 14.6 Å². The summed E-state index contributed by atoms with van der Waals surface area (Å²) in [6, 6.07) is 4.50. The molecule has 0 radical (unpaired) electrons. The standard InChI is InChI=1S/C21H22FNO3S/c1-4-12-11-13(5-6-14(12)22)17-18-15(7-9-21(2,3)20(18)24)23-16-8-10-27(25,26)19(16)17/h4-6,11,17,23H,1,7-10H2,2-3H3. The van der Waals surface area contributed by atoms with Gasteiger partial charge in [0.2, 0.25) is 0 Å². The molecule has 1 aliphatic carbocycles. The molecule has 0 saturated heterocycles. The van der Waals surface area contributed by atoms with E-state index in [1.165, 1.54) is 12.1 Å². The van der Waals surface area contributed by atoms with Crippen molar-refractivity contribution in [1.82, 2.24) is 5.32 Å². The van der Waals surface area contributed by atoms with Gasteiger partial charge in [-0.05, 0) is 30.5 Å². The Morgan fingerprint density at radius 3 is 2.70 bits per heavy atom. The first-order valence-electron chi connectivity index (χ1n) is 9.08. The largest absolute Gasteiger partial charge is 0.361 e. The van der Waals surface area contributed by atoms with Gasteiger partial charge in [0.15, 0.2) is 15.6 Å². The molecule has 4 rings (SSSR count). The first-order valence-corrected chi connectivity index (χ1v) is 10.7. The second kappa shape index (κ2) is 5.89. The third-order valence-electron chi connectivity index (χ3n) is 5.86. The number of carbonyl (C=O) groups is 1. The Bertz CT molecular complexity index is 1050. The number of ketones is 1. The van der Waals surface area contributed by atoms with Gasteiger partial charge in [0, 0.05) is 34.4 Å². The maximum atomic E-state index is 14.0. The average Bonchev–Trinajstić information content (AvgIpc) is 2.92. The van der Waals surface area contributed by atoms with Gasteiger partial charge in [-0.15, -0.1) is 0 Å². The van der Waals surface area contributed by atoms with Gasteiger partial charge in [0.25, 0.3) is 0 Å². The quantitative estimate of drug-likeness (QED) is 0.838. The van der Waals surface area contributed by atoms with Crippen LogP contribution in [0.1, 0.15) is 50.2 Å². The lowest BCUT2D eigenvalue weighted by Crippen LogP contribution is -2.39. The third kappa shape index (κ3) is 2.69. The fourth-order valence-electron chi connectivity index (χ4n) is 4.29. The summed E-state index contributed by atoms with van der Waals surface area (Å²) in [6.45, 7) is 7.41. The van der Waals surface area contributed by atoms with Crippen LogP contribution in [0.15, 0.2) is 46.7 Å². The van der Waals surface area contributed by atoms with E-state index in [1.807, 2.05) is 13.8 Å². The van der Waals surface area contributed by atoms with Crippen LogP contribution >= 0.6 is 0 Å². The molecule has 1 aromatic rings. The number of halogens is 1. The molecule has 0 fully saturated rings. The minimum atomic E-state index is -3.47. The molecule has 2 heterocycles. The molecule has 0 bridgehead atoms. The second-order valence-electron chi connectivity index (χ2n) is 8.06. The highest BCUT2D eigenvalue weighted by Crippen LogP contribution is 2.50. The van der Waals surface area contributed by atoms with E-state index >= 15 is 0 Å². The number of carbonyl (C=O) groups excluding carboxylic acids is 1. The molecule has 1 atom stereocenters. The van der Waals surface area contributed by atoms with Gasteiger partial charge in [-0.3, -0.25) is 4.79 Å². The number of hydrogen-bond acceptors (Lipinski definition) is 4. The molecule has 142 valence electrons. The number of rotatable bonds is 2. The monoisotopic (exact) mass is 387 g/mol. The third-order valence-corrected chi connectivity index (χ3v) is 7.76. The first kappa shape index (κ1) is 18.2. The predicted octanol–water partition coefficient (Wildman–Crippen LogP) is 3.83. The highest BCUT2D eigenvalue weighted by Gasteiger charge is 2.48. The molecule has 1 aromatic carbocycles. The maximum Gasteiger partial charge on any atom is 0.177 e. The average molecular weight is 387 g/mol. The van der Waals surface area contributed by atoms with E-state index in [2.05, 4.69) is 11.9 Å². The summed E-state index contributed by atoms with van der Waals surface area (Å²) in [5.41, 5.74) is 2.36. The fourth-order valence-corrected chi connectivity index (χ4v) is 6.12. The van der Waals surface area contributed by atoms with Crippen molar-refractivity contribution in [2.75, 3.05) is 5.75 Å². The first-order chi connectivity index (χ1) is 12.7. The number of sulfone groups is 1. The molecule has 4 nitrogen and oxygen atoms in total. The number of allylic oxidation sites excluding steroid dienone is 4. The van der Waals surface area contributed by atoms with Crippen LogP contribution in [0.4, 0.5) is 4.39 Å². The van der Waals surface area contributed by atoms with Crippen molar-refractivity contribution in [3.63, 3.8) is 0 Å². The normalized spacial score (nSPS) is 25.7. The van der Waals surface area contributed by atoms with Crippen LogP contribution in [0.25, 0.3) is 6.08 Å². The molecule has 3 aliphatic rings. The summed E-state index contributed by atoms with van der Waals surface area (Å²) >= 11 is 0. The van der Waals surface area contributed by atoms with Gasteiger partial charge in [-0.2, -0.15) is 0 Å². The van der Waals surface area contributed by atoms with E-state index in [1.54, 1.807) is 12.1 Å². The zero-order valence-electron chi connectivity index (χ0n) is 15.4. The number of benzene rings is 1. The number of hydrogen-bond donors (Lipinski definition) is 1. The molecule has 2 aliphatic heterocycles. The molecule has 6 heteroatoms. The van der Waals surface area contributed by atoms with Crippen molar-refractivity contribution in [2.45, 2.75) is 39.0 Å². The topological polar surface area (TPSA) is 63.2 Å². The summed E-state index contributed by atoms with van der Waals surface area (Å²) < 4.78 is 39.6. The van der Waals surface area contributed by atoms with Crippen LogP contribution in [0, 0.1) is 11.2 Å². The van der Waals surface area contributed by atoms with Crippen LogP contribution in [0.2, 0.25) is 0 Å². The Labute approximate surface area is 158 Å². The molecule has 1 unspecified atom stereocenters. The van der Waals surface area contributed by atoms with Gasteiger partial charge in [-0.25, -0.2) is 12.8 Å². The molecular weight excluding hydrogens is 365 g/mol. The summed E-state index contributed by atoms with van der Waals surface area (Å²) in [4.78, 5) is 13.5. The second-order valence-corrected chi connectivity index (χ2v) is 10.1. The van der Waals surface area contributed by atoms with Crippen molar-refractivity contribution in [1.29, 1.82) is 0 Å². The summed E-state index contributed by atoms with van der Waals surface area (Å²) in [6.07, 6.45) is 3.22. The Kier molecular flexibility index (Phi) is 3.97. The van der Waals surface area contributed by atoms with E-state index in [0.29, 0.717) is 41.7 Å². The maximum absolute atomic E-state index is 14.0. The molecule has 27 heavy (non-hydrogen) atoms. The Morgan fingerprint density at radius 1 is 1.26 bits per heavy atom. The van der Waals surface area contributed by atoms with Crippen LogP contribution < -0.4 is 5.32 Å². The lowest BCUT2D eigenvalue weighted by molar-refractivity contribution is -0.124. The molecule has 0 spiro atoms. The minimum Gasteiger partial charge on any atom is -0.361 e. The molecule has 0 amide bonds. The van der Waals surface area contributed by atoms with E-state index < -0.39 is 27.0 Å². The number of Topliss-reactive ketones (excluding diaryl/α,β-unsaturated/α-hetero) is 1. The zero-order chi connectivity index (χ0) is 19.6. The molecular formula is C21H22FNO3S. The zero-order valence-corrected chi connectivity index (χ0v) is 16.2.